The molecule has 1 N–H and O–H groups in total. The van der Waals surface area contributed by atoms with E-state index in [0.29, 0.717) is 5.69 Å². The molecule has 0 bridgehead atoms. The number of hydrogen-bond acceptors (Lipinski definition) is 5. The van der Waals surface area contributed by atoms with E-state index >= 15 is 0 Å². The Morgan fingerprint density at radius 2 is 2.00 bits per heavy atom. The first kappa shape index (κ1) is 14.4. The van der Waals surface area contributed by atoms with Crippen molar-refractivity contribution in [1.29, 1.82) is 0 Å². The molecule has 0 spiro atoms. The van der Waals surface area contributed by atoms with Gasteiger partial charge in [-0.25, -0.2) is 0 Å². The number of carbonyl (C=O) groups excluding carboxylic acids is 1. The molecule has 1 aromatic carbocycles. The van der Waals surface area contributed by atoms with Crippen LogP contribution in [-0.2, 0) is 4.79 Å². The molecular formula is C14H13N3O4. The van der Waals surface area contributed by atoms with E-state index in [0.717, 1.165) is 5.56 Å². The molecule has 1 aromatic heterocycles. The molecule has 0 atom stereocenters. The van der Waals surface area contributed by atoms with Gasteiger partial charge in [-0.3, -0.25) is 14.9 Å². The van der Waals surface area contributed by atoms with Gasteiger partial charge in [0.05, 0.1) is 4.92 Å². The van der Waals surface area contributed by atoms with E-state index in [1.54, 1.807) is 30.3 Å². The molecule has 21 heavy (non-hydrogen) atoms. The average molecular weight is 287 g/mol. The minimum atomic E-state index is -0.522. The number of benzene rings is 1. The van der Waals surface area contributed by atoms with Crippen molar-refractivity contribution in [3.63, 3.8) is 0 Å². The van der Waals surface area contributed by atoms with E-state index in [1.165, 1.54) is 19.9 Å². The summed E-state index contributed by atoms with van der Waals surface area (Å²) in [4.78, 5) is 21.3. The van der Waals surface area contributed by atoms with Crippen molar-refractivity contribution in [1.82, 2.24) is 5.16 Å². The van der Waals surface area contributed by atoms with Gasteiger partial charge in [0.25, 0.3) is 0 Å². The Balaban J connectivity index is 2.18. The third-order valence-corrected chi connectivity index (χ3v) is 2.70. The number of nitrogens with one attached hydrogen (secondary N) is 1. The Kier molecular flexibility index (Phi) is 4.13. The molecule has 0 unspecified atom stereocenters. The summed E-state index contributed by atoms with van der Waals surface area (Å²) in [6, 6.07) is 7.04. The van der Waals surface area contributed by atoms with Crippen LogP contribution in [0.5, 0.6) is 0 Å². The molecule has 108 valence electrons. The highest BCUT2D eigenvalue weighted by atomic mass is 16.6. The number of nitro groups is 1. The van der Waals surface area contributed by atoms with Gasteiger partial charge in [-0.15, -0.1) is 0 Å². The maximum absolute atomic E-state index is 10.9. The zero-order valence-electron chi connectivity index (χ0n) is 11.5. The zero-order chi connectivity index (χ0) is 15.4. The van der Waals surface area contributed by atoms with Gasteiger partial charge in [-0.05, 0) is 23.8 Å². The van der Waals surface area contributed by atoms with E-state index in [4.69, 9.17) is 4.52 Å². The lowest BCUT2D eigenvalue weighted by atomic mass is 10.1. The fourth-order valence-electron chi connectivity index (χ4n) is 1.77. The topological polar surface area (TPSA) is 98.3 Å². The monoisotopic (exact) mass is 287 g/mol. The van der Waals surface area contributed by atoms with Crippen molar-refractivity contribution in [2.24, 2.45) is 0 Å². The Morgan fingerprint density at radius 1 is 1.33 bits per heavy atom. The molecule has 2 rings (SSSR count). The van der Waals surface area contributed by atoms with Crippen molar-refractivity contribution in [3.8, 4) is 0 Å². The predicted octanol–water partition coefficient (Wildman–Crippen LogP) is 3.02. The van der Waals surface area contributed by atoms with E-state index in [2.05, 4.69) is 10.5 Å². The summed E-state index contributed by atoms with van der Waals surface area (Å²) >= 11 is 0. The smallest absolute Gasteiger partial charge is 0.338 e. The Hall–Kier alpha value is -2.96. The van der Waals surface area contributed by atoms with Crippen LogP contribution in [0, 0.1) is 17.0 Å². The van der Waals surface area contributed by atoms with Crippen LogP contribution in [0.2, 0.25) is 0 Å². The lowest BCUT2D eigenvalue weighted by Gasteiger charge is -2.01. The van der Waals surface area contributed by atoms with Gasteiger partial charge < -0.3 is 9.84 Å². The predicted molar refractivity (Wildman–Crippen MR) is 77.6 cm³/mol. The summed E-state index contributed by atoms with van der Waals surface area (Å²) in [7, 11) is 0. The largest absolute Gasteiger partial charge is 0.354 e. The number of amides is 1. The van der Waals surface area contributed by atoms with E-state index in [9.17, 15) is 14.9 Å². The summed E-state index contributed by atoms with van der Waals surface area (Å²) in [6.07, 6.45) is 3.20. The van der Waals surface area contributed by atoms with Crippen molar-refractivity contribution < 1.29 is 14.2 Å². The Bertz CT molecular complexity index is 702. The van der Waals surface area contributed by atoms with E-state index in [-0.39, 0.29) is 23.0 Å². The highest BCUT2D eigenvalue weighted by Gasteiger charge is 2.21. The number of aryl methyl sites for hydroxylation is 1. The van der Waals surface area contributed by atoms with Crippen LogP contribution < -0.4 is 5.32 Å². The highest BCUT2D eigenvalue weighted by molar-refractivity contribution is 5.88. The molecule has 0 radical (unpaired) electrons. The van der Waals surface area contributed by atoms with E-state index in [1.807, 2.05) is 0 Å². The number of anilines is 1. The van der Waals surface area contributed by atoms with Crippen LogP contribution in [0.4, 0.5) is 11.4 Å². The van der Waals surface area contributed by atoms with Crippen molar-refractivity contribution in [2.45, 2.75) is 13.8 Å². The first-order chi connectivity index (χ1) is 9.97. The van der Waals surface area contributed by atoms with Gasteiger partial charge in [-0.1, -0.05) is 23.4 Å². The molecule has 7 nitrogen and oxygen atoms in total. The van der Waals surface area contributed by atoms with Gasteiger partial charge in [0, 0.05) is 19.5 Å². The zero-order valence-corrected chi connectivity index (χ0v) is 11.5. The Labute approximate surface area is 120 Å². The molecule has 7 heteroatoms. The second kappa shape index (κ2) is 6.00. The lowest BCUT2D eigenvalue weighted by Crippen LogP contribution is -2.05. The highest BCUT2D eigenvalue weighted by Crippen LogP contribution is 2.24. The normalized spacial score (nSPS) is 10.8. The quantitative estimate of drug-likeness (QED) is 0.688. The molecule has 1 amide bonds. The first-order valence-corrected chi connectivity index (χ1v) is 6.14. The third kappa shape index (κ3) is 3.53. The third-order valence-electron chi connectivity index (χ3n) is 2.70. The summed E-state index contributed by atoms with van der Waals surface area (Å²) in [5, 5.41) is 17.2. The van der Waals surface area contributed by atoms with Crippen LogP contribution in [0.3, 0.4) is 0 Å². The van der Waals surface area contributed by atoms with Crippen LogP contribution in [-0.4, -0.2) is 16.0 Å². The fourth-order valence-corrected chi connectivity index (χ4v) is 1.77. The number of hydrogen-bond donors (Lipinski definition) is 1. The molecule has 0 aliphatic carbocycles. The van der Waals surface area contributed by atoms with Gasteiger partial charge in [0.2, 0.25) is 11.7 Å². The molecular weight excluding hydrogens is 274 g/mol. The van der Waals surface area contributed by atoms with Gasteiger partial charge in [0.15, 0.2) is 5.69 Å². The van der Waals surface area contributed by atoms with Crippen molar-refractivity contribution >= 4 is 29.4 Å². The summed E-state index contributed by atoms with van der Waals surface area (Å²) < 4.78 is 4.82. The lowest BCUT2D eigenvalue weighted by molar-refractivity contribution is -0.386. The second-order valence-corrected chi connectivity index (χ2v) is 4.37. The molecule has 0 aliphatic rings. The van der Waals surface area contributed by atoms with Gasteiger partial charge in [0.1, 0.15) is 0 Å². The molecule has 1 heterocycles. The molecule has 0 saturated carbocycles. The minimum Gasteiger partial charge on any atom is -0.354 e. The number of aromatic nitrogens is 1. The minimum absolute atomic E-state index is 0.138. The molecule has 0 aliphatic heterocycles. The first-order valence-electron chi connectivity index (χ1n) is 6.14. The summed E-state index contributed by atoms with van der Waals surface area (Å²) in [6.45, 7) is 2.92. The standard InChI is InChI=1S/C14H13N3O4/c1-9-14(17(19)20)13(16-21-9)8-5-11-3-6-12(7-4-11)15-10(2)18/h3-8H,1-2H3,(H,15,18). The van der Waals surface area contributed by atoms with Crippen LogP contribution >= 0.6 is 0 Å². The number of carbonyl (C=O) groups is 1. The number of nitrogens with zero attached hydrogens (tertiary/aromatic N) is 2. The average Bonchev–Trinajstić information content (AvgIpc) is 2.78. The van der Waals surface area contributed by atoms with Gasteiger partial charge >= 0.3 is 5.69 Å². The maximum atomic E-state index is 10.9. The Morgan fingerprint density at radius 3 is 2.57 bits per heavy atom. The van der Waals surface area contributed by atoms with Gasteiger partial charge in [-0.2, -0.15) is 0 Å². The molecule has 0 saturated heterocycles. The van der Waals surface area contributed by atoms with E-state index < -0.39 is 4.92 Å². The van der Waals surface area contributed by atoms with Crippen LogP contribution in [0.15, 0.2) is 28.8 Å². The SMILES string of the molecule is CC(=O)Nc1ccc(C=Cc2noc(C)c2[N+](=O)[O-])cc1. The van der Waals surface area contributed by atoms with Crippen LogP contribution in [0.25, 0.3) is 12.2 Å². The fraction of sp³-hybridized carbons (Fsp3) is 0.143. The molecule has 0 fully saturated rings. The van der Waals surface area contributed by atoms with Crippen LogP contribution in [0.1, 0.15) is 23.9 Å². The van der Waals surface area contributed by atoms with Crippen molar-refractivity contribution in [2.75, 3.05) is 5.32 Å². The maximum Gasteiger partial charge on any atom is 0.338 e. The number of rotatable bonds is 4. The molecule has 2 aromatic rings. The second-order valence-electron chi connectivity index (χ2n) is 4.37. The summed E-state index contributed by atoms with van der Waals surface area (Å²) in [5.74, 6) is 0.0210. The van der Waals surface area contributed by atoms with Crippen molar-refractivity contribution in [3.05, 3.63) is 51.4 Å². The summed E-state index contributed by atoms with van der Waals surface area (Å²) in [5.41, 5.74) is 1.53.